The normalized spacial score (nSPS) is 20.7. The average Bonchev–Trinajstić information content (AvgIpc) is 2.89. The number of H-pyrrole nitrogens is 1. The monoisotopic (exact) mass is 331 g/mol. The number of aromatic amines is 1. The number of rotatable bonds is 1. The summed E-state index contributed by atoms with van der Waals surface area (Å²) in [4.78, 5) is 10.8. The molecule has 8 heteroatoms. The number of nitrogens with zero attached hydrogens (tertiary/aromatic N) is 4. The SMILES string of the molecule is NC1=NC2(CCCCC2)N(c2cccc3n[nH]c(Cl)c23)C(N)=N1. The molecule has 7 nitrogen and oxygen atoms in total. The van der Waals surface area contributed by atoms with Crippen molar-refractivity contribution < 1.29 is 0 Å². The van der Waals surface area contributed by atoms with Crippen LogP contribution < -0.4 is 16.4 Å². The summed E-state index contributed by atoms with van der Waals surface area (Å²) in [5, 5.41) is 8.35. The van der Waals surface area contributed by atoms with E-state index >= 15 is 0 Å². The van der Waals surface area contributed by atoms with Crippen LogP contribution in [0, 0.1) is 0 Å². The summed E-state index contributed by atoms with van der Waals surface area (Å²) < 4.78 is 0. The summed E-state index contributed by atoms with van der Waals surface area (Å²) in [5.41, 5.74) is 13.3. The van der Waals surface area contributed by atoms with Crippen molar-refractivity contribution in [3.05, 3.63) is 23.4 Å². The number of aromatic nitrogens is 2. The predicted octanol–water partition coefficient (Wildman–Crippen LogP) is 2.33. The average molecular weight is 332 g/mol. The molecule has 2 aromatic rings. The van der Waals surface area contributed by atoms with Crippen LogP contribution in [0.4, 0.5) is 5.69 Å². The number of nitrogens with two attached hydrogens (primary N) is 2. The van der Waals surface area contributed by atoms with E-state index in [1.54, 1.807) is 0 Å². The van der Waals surface area contributed by atoms with Crippen LogP contribution in [0.3, 0.4) is 0 Å². The lowest BCUT2D eigenvalue weighted by atomic mass is 9.87. The van der Waals surface area contributed by atoms with Crippen molar-refractivity contribution in [3.8, 4) is 0 Å². The molecule has 1 aromatic carbocycles. The summed E-state index contributed by atoms with van der Waals surface area (Å²) in [6.45, 7) is 0. The molecule has 1 aliphatic carbocycles. The fourth-order valence-corrected chi connectivity index (χ4v) is 3.90. The van der Waals surface area contributed by atoms with E-state index in [1.807, 2.05) is 23.1 Å². The van der Waals surface area contributed by atoms with Gasteiger partial charge in [0, 0.05) is 0 Å². The lowest BCUT2D eigenvalue weighted by molar-refractivity contribution is 0.306. The first kappa shape index (κ1) is 14.3. The van der Waals surface area contributed by atoms with Crippen molar-refractivity contribution >= 4 is 40.1 Å². The number of halogens is 1. The van der Waals surface area contributed by atoms with Crippen LogP contribution in [0.1, 0.15) is 32.1 Å². The number of aliphatic imine (C=N–C) groups is 2. The molecule has 1 fully saturated rings. The highest BCUT2D eigenvalue weighted by Crippen LogP contribution is 2.42. The van der Waals surface area contributed by atoms with Crippen LogP contribution in [0.2, 0.25) is 5.15 Å². The molecule has 23 heavy (non-hydrogen) atoms. The Morgan fingerprint density at radius 3 is 2.74 bits per heavy atom. The Morgan fingerprint density at radius 2 is 1.96 bits per heavy atom. The van der Waals surface area contributed by atoms with E-state index in [9.17, 15) is 0 Å². The van der Waals surface area contributed by atoms with E-state index in [4.69, 9.17) is 23.1 Å². The van der Waals surface area contributed by atoms with Crippen molar-refractivity contribution in [2.45, 2.75) is 37.8 Å². The molecule has 0 saturated heterocycles. The fourth-order valence-electron chi connectivity index (χ4n) is 3.67. The molecule has 2 aliphatic rings. The maximum absolute atomic E-state index is 6.31. The second-order valence-corrected chi connectivity index (χ2v) is 6.41. The van der Waals surface area contributed by atoms with Crippen molar-refractivity contribution in [1.82, 2.24) is 10.2 Å². The zero-order valence-electron chi connectivity index (χ0n) is 12.6. The number of guanidine groups is 2. The third-order valence-corrected chi connectivity index (χ3v) is 4.88. The summed E-state index contributed by atoms with van der Waals surface area (Å²) in [5.74, 6) is 0.593. The molecular formula is C15H18ClN7. The molecule has 5 N–H and O–H groups in total. The van der Waals surface area contributed by atoms with Crippen LogP contribution >= 0.6 is 11.6 Å². The van der Waals surface area contributed by atoms with Crippen LogP contribution in [-0.2, 0) is 0 Å². The molecule has 4 rings (SSSR count). The summed E-state index contributed by atoms with van der Waals surface area (Å²) in [6.07, 6.45) is 5.12. The Balaban J connectivity index is 1.94. The molecule has 1 saturated carbocycles. The van der Waals surface area contributed by atoms with Gasteiger partial charge >= 0.3 is 0 Å². The molecule has 0 bridgehead atoms. The summed E-state index contributed by atoms with van der Waals surface area (Å²) in [7, 11) is 0. The second kappa shape index (κ2) is 5.13. The molecule has 2 heterocycles. The molecule has 0 atom stereocenters. The predicted molar refractivity (Wildman–Crippen MR) is 92.6 cm³/mol. The van der Waals surface area contributed by atoms with Gasteiger partial charge in [0.2, 0.25) is 11.9 Å². The molecule has 0 unspecified atom stereocenters. The molecule has 120 valence electrons. The van der Waals surface area contributed by atoms with E-state index in [2.05, 4.69) is 20.2 Å². The first-order valence-corrected chi connectivity index (χ1v) is 8.11. The zero-order chi connectivity index (χ0) is 16.0. The fraction of sp³-hybridized carbons (Fsp3) is 0.400. The zero-order valence-corrected chi connectivity index (χ0v) is 13.3. The van der Waals surface area contributed by atoms with Gasteiger partial charge in [0.25, 0.3) is 0 Å². The number of fused-ring (bicyclic) bond motifs is 1. The third-order valence-electron chi connectivity index (χ3n) is 4.61. The Morgan fingerprint density at radius 1 is 1.17 bits per heavy atom. The van der Waals surface area contributed by atoms with Crippen molar-refractivity contribution in [3.63, 3.8) is 0 Å². The van der Waals surface area contributed by atoms with Gasteiger partial charge < -0.3 is 11.5 Å². The Bertz CT molecular complexity index is 816. The molecule has 1 aliphatic heterocycles. The Kier molecular flexibility index (Phi) is 3.19. The Hall–Kier alpha value is -2.28. The Labute approximate surface area is 138 Å². The van der Waals surface area contributed by atoms with Gasteiger partial charge in [-0.1, -0.05) is 24.1 Å². The molecule has 1 spiro atoms. The van der Waals surface area contributed by atoms with E-state index < -0.39 is 5.66 Å². The van der Waals surface area contributed by atoms with E-state index in [0.717, 1.165) is 42.3 Å². The van der Waals surface area contributed by atoms with Gasteiger partial charge in [-0.05, 0) is 37.8 Å². The molecular weight excluding hydrogens is 314 g/mol. The van der Waals surface area contributed by atoms with Gasteiger partial charge in [-0.2, -0.15) is 10.1 Å². The first-order valence-electron chi connectivity index (χ1n) is 7.73. The molecule has 1 aromatic heterocycles. The van der Waals surface area contributed by atoms with Crippen molar-refractivity contribution in [1.29, 1.82) is 0 Å². The first-order chi connectivity index (χ1) is 11.1. The van der Waals surface area contributed by atoms with E-state index in [1.165, 1.54) is 6.42 Å². The van der Waals surface area contributed by atoms with Crippen LogP contribution in [0.15, 0.2) is 28.2 Å². The molecule has 0 radical (unpaired) electrons. The quantitative estimate of drug-likeness (QED) is 0.745. The van der Waals surface area contributed by atoms with Crippen LogP contribution in [0.5, 0.6) is 0 Å². The topological polar surface area (TPSA) is 109 Å². The highest BCUT2D eigenvalue weighted by molar-refractivity contribution is 6.35. The molecule has 0 amide bonds. The van der Waals surface area contributed by atoms with E-state index in [-0.39, 0.29) is 5.96 Å². The summed E-state index contributed by atoms with van der Waals surface area (Å²) in [6, 6.07) is 5.81. The lowest BCUT2D eigenvalue weighted by Crippen LogP contribution is -2.58. The maximum atomic E-state index is 6.31. The number of benzene rings is 1. The van der Waals surface area contributed by atoms with Crippen LogP contribution in [0.25, 0.3) is 10.9 Å². The van der Waals surface area contributed by atoms with Gasteiger partial charge in [-0.25, -0.2) is 4.99 Å². The van der Waals surface area contributed by atoms with Gasteiger partial charge in [0.1, 0.15) is 10.8 Å². The highest BCUT2D eigenvalue weighted by Gasteiger charge is 2.43. The van der Waals surface area contributed by atoms with Gasteiger partial charge in [-0.15, -0.1) is 0 Å². The smallest absolute Gasteiger partial charge is 0.220 e. The minimum absolute atomic E-state index is 0.242. The lowest BCUT2D eigenvalue weighted by Gasteiger charge is -2.45. The van der Waals surface area contributed by atoms with E-state index in [0.29, 0.717) is 11.1 Å². The van der Waals surface area contributed by atoms with Gasteiger partial charge in [-0.3, -0.25) is 10.00 Å². The van der Waals surface area contributed by atoms with Crippen LogP contribution in [-0.4, -0.2) is 27.8 Å². The second-order valence-electron chi connectivity index (χ2n) is 6.03. The maximum Gasteiger partial charge on any atom is 0.220 e. The van der Waals surface area contributed by atoms with Crippen molar-refractivity contribution in [2.24, 2.45) is 21.5 Å². The summed E-state index contributed by atoms with van der Waals surface area (Å²) >= 11 is 6.31. The van der Waals surface area contributed by atoms with Gasteiger partial charge in [0.15, 0.2) is 0 Å². The minimum Gasteiger partial charge on any atom is -0.369 e. The van der Waals surface area contributed by atoms with Crippen molar-refractivity contribution in [2.75, 3.05) is 4.90 Å². The number of hydrogen-bond donors (Lipinski definition) is 3. The number of nitrogens with one attached hydrogen (secondary N) is 1. The van der Waals surface area contributed by atoms with Gasteiger partial charge in [0.05, 0.1) is 16.6 Å². The highest BCUT2D eigenvalue weighted by atomic mass is 35.5. The minimum atomic E-state index is -0.483. The third kappa shape index (κ3) is 2.15. The number of anilines is 1. The standard InChI is InChI=1S/C15H18ClN7/c16-12-11-9(21-22-12)5-4-6-10(11)23-14(18)19-13(17)20-15(23)7-2-1-3-8-15/h4-6H,1-3,7-8H2,(H,21,22)(H4,17,18,19,20). The largest absolute Gasteiger partial charge is 0.369 e. The number of hydrogen-bond acceptors (Lipinski definition) is 6.